The molecular weight excluding hydrogens is 414 g/mol. The third kappa shape index (κ3) is 5.26. The molecule has 32 heavy (non-hydrogen) atoms. The number of Topliss-reactive ketones (excluding diaryl/α,β-unsaturated/α-hetero) is 1. The number of hydrogen-bond acceptors (Lipinski definition) is 6. The second kappa shape index (κ2) is 10.00. The smallest absolute Gasteiger partial charge is 0.326 e. The van der Waals surface area contributed by atoms with E-state index < -0.39 is 17.9 Å². The number of rotatable bonds is 9. The maximum absolute atomic E-state index is 12.6. The Morgan fingerprint density at radius 3 is 2.47 bits per heavy atom. The van der Waals surface area contributed by atoms with Crippen LogP contribution in [0.5, 0.6) is 17.2 Å². The van der Waals surface area contributed by atoms with Crippen molar-refractivity contribution in [3.63, 3.8) is 0 Å². The molecule has 0 bridgehead atoms. The highest BCUT2D eigenvalue weighted by Crippen LogP contribution is 2.35. The summed E-state index contributed by atoms with van der Waals surface area (Å²) in [5.41, 5.74) is 1.17. The normalized spacial score (nSPS) is 15.5. The Hall–Kier alpha value is -3.81. The molecule has 3 rings (SSSR count). The topological polar surface area (TPSA) is 111 Å². The molecule has 0 unspecified atom stereocenters. The molecule has 0 aliphatic carbocycles. The van der Waals surface area contributed by atoms with E-state index in [-0.39, 0.29) is 24.1 Å². The second-order valence-corrected chi connectivity index (χ2v) is 7.43. The monoisotopic (exact) mass is 439 g/mol. The first-order valence-corrected chi connectivity index (χ1v) is 10.2. The largest absolute Gasteiger partial charge is 0.497 e. The first kappa shape index (κ1) is 22.9. The average Bonchev–Trinajstić information content (AvgIpc) is 3.10. The van der Waals surface area contributed by atoms with Crippen LogP contribution in [0.2, 0.25) is 0 Å². The zero-order valence-corrected chi connectivity index (χ0v) is 18.1. The molecule has 8 heteroatoms. The first-order valence-electron chi connectivity index (χ1n) is 10.2. The number of methoxy groups -OCH3 is 1. The van der Waals surface area contributed by atoms with E-state index in [0.29, 0.717) is 29.2 Å². The minimum Gasteiger partial charge on any atom is -0.497 e. The van der Waals surface area contributed by atoms with Crippen molar-refractivity contribution in [2.45, 2.75) is 26.3 Å². The summed E-state index contributed by atoms with van der Waals surface area (Å²) in [5.74, 6) is -0.562. The molecule has 168 valence electrons. The van der Waals surface area contributed by atoms with Crippen molar-refractivity contribution in [1.82, 2.24) is 5.32 Å². The summed E-state index contributed by atoms with van der Waals surface area (Å²) < 4.78 is 16.3. The first-order chi connectivity index (χ1) is 15.3. The van der Waals surface area contributed by atoms with E-state index in [0.717, 1.165) is 5.56 Å². The van der Waals surface area contributed by atoms with Gasteiger partial charge >= 0.3 is 5.97 Å². The van der Waals surface area contributed by atoms with Gasteiger partial charge in [0.1, 0.15) is 23.3 Å². The van der Waals surface area contributed by atoms with Crippen LogP contribution in [0.25, 0.3) is 6.08 Å². The van der Waals surface area contributed by atoms with Crippen LogP contribution in [0.3, 0.4) is 0 Å². The summed E-state index contributed by atoms with van der Waals surface area (Å²) in [5, 5.41) is 11.8. The molecule has 2 atom stereocenters. The molecule has 1 aliphatic rings. The molecule has 2 N–H and O–H groups in total. The molecule has 8 nitrogen and oxygen atoms in total. The number of aliphatic carboxylic acids is 1. The highest BCUT2D eigenvalue weighted by atomic mass is 16.5. The zero-order chi connectivity index (χ0) is 23.3. The predicted molar refractivity (Wildman–Crippen MR) is 117 cm³/mol. The molecule has 0 saturated heterocycles. The number of allylic oxidation sites excluding steroid dienone is 1. The van der Waals surface area contributed by atoms with Gasteiger partial charge in [0.05, 0.1) is 12.7 Å². The highest BCUT2D eigenvalue weighted by Gasteiger charge is 2.28. The fourth-order valence-corrected chi connectivity index (χ4v) is 3.16. The number of ketones is 1. The second-order valence-electron chi connectivity index (χ2n) is 7.43. The van der Waals surface area contributed by atoms with Gasteiger partial charge in [0.2, 0.25) is 5.78 Å². The number of fused-ring (bicyclic) bond motifs is 1. The summed E-state index contributed by atoms with van der Waals surface area (Å²) in [7, 11) is 1.58. The van der Waals surface area contributed by atoms with Gasteiger partial charge in [0.15, 0.2) is 12.4 Å². The average molecular weight is 439 g/mol. The van der Waals surface area contributed by atoms with Gasteiger partial charge in [0, 0.05) is 6.07 Å². The van der Waals surface area contributed by atoms with Crippen molar-refractivity contribution in [2.75, 3.05) is 13.7 Å². The molecule has 1 heterocycles. The van der Waals surface area contributed by atoms with E-state index in [9.17, 15) is 19.5 Å². The number of carboxylic acid groups (broad SMARTS) is 1. The van der Waals surface area contributed by atoms with Crippen LogP contribution in [-0.4, -0.2) is 42.5 Å². The van der Waals surface area contributed by atoms with Gasteiger partial charge in [-0.1, -0.05) is 32.4 Å². The van der Waals surface area contributed by atoms with Gasteiger partial charge in [-0.15, -0.1) is 0 Å². The summed E-state index contributed by atoms with van der Waals surface area (Å²) >= 11 is 0. The summed E-state index contributed by atoms with van der Waals surface area (Å²) in [4.78, 5) is 36.1. The van der Waals surface area contributed by atoms with Crippen LogP contribution in [0, 0.1) is 5.92 Å². The van der Waals surface area contributed by atoms with E-state index >= 15 is 0 Å². The van der Waals surface area contributed by atoms with Crippen molar-refractivity contribution >= 4 is 23.7 Å². The number of amides is 1. The summed E-state index contributed by atoms with van der Waals surface area (Å²) in [6, 6.07) is 10.9. The number of carboxylic acids is 1. The third-order valence-electron chi connectivity index (χ3n) is 5.22. The van der Waals surface area contributed by atoms with E-state index in [1.54, 1.807) is 44.4 Å². The minimum atomic E-state index is -1.09. The molecule has 0 fully saturated rings. The van der Waals surface area contributed by atoms with E-state index in [1.807, 2.05) is 19.1 Å². The highest BCUT2D eigenvalue weighted by molar-refractivity contribution is 6.14. The number of nitrogens with one attached hydrogen (secondary N) is 1. The molecule has 2 aromatic rings. The Bertz CT molecular complexity index is 1040. The predicted octanol–water partition coefficient (Wildman–Crippen LogP) is 3.31. The minimum absolute atomic E-state index is 0.179. The van der Waals surface area contributed by atoms with E-state index in [1.165, 1.54) is 6.07 Å². The van der Waals surface area contributed by atoms with Gasteiger partial charge in [-0.2, -0.15) is 0 Å². The van der Waals surface area contributed by atoms with Crippen molar-refractivity contribution in [2.24, 2.45) is 5.92 Å². The SMILES string of the molecule is CC[C@@H](C)[C@H](NC(=O)COc1ccc2c(c1)OC(=Cc1ccc(OC)cc1)C2=O)C(=O)O. The molecule has 0 spiro atoms. The zero-order valence-electron chi connectivity index (χ0n) is 18.1. The van der Waals surface area contributed by atoms with Crippen LogP contribution < -0.4 is 19.5 Å². The maximum atomic E-state index is 12.6. The Morgan fingerprint density at radius 1 is 1.16 bits per heavy atom. The van der Waals surface area contributed by atoms with Crippen molar-refractivity contribution in [1.29, 1.82) is 0 Å². The maximum Gasteiger partial charge on any atom is 0.326 e. The Balaban J connectivity index is 1.64. The van der Waals surface area contributed by atoms with Crippen LogP contribution in [0.15, 0.2) is 48.2 Å². The molecule has 1 aliphatic heterocycles. The van der Waals surface area contributed by atoms with Gasteiger partial charge in [-0.3, -0.25) is 9.59 Å². The molecule has 0 saturated carbocycles. The fourth-order valence-electron chi connectivity index (χ4n) is 3.16. The Kier molecular flexibility index (Phi) is 7.14. The molecule has 1 amide bonds. The Morgan fingerprint density at radius 2 is 1.84 bits per heavy atom. The quantitative estimate of drug-likeness (QED) is 0.577. The van der Waals surface area contributed by atoms with Crippen LogP contribution in [-0.2, 0) is 9.59 Å². The molecular formula is C24H25NO7. The van der Waals surface area contributed by atoms with Crippen molar-refractivity contribution in [3.8, 4) is 17.2 Å². The van der Waals surface area contributed by atoms with Gasteiger partial charge in [-0.05, 0) is 41.8 Å². The van der Waals surface area contributed by atoms with Crippen molar-refractivity contribution in [3.05, 3.63) is 59.4 Å². The lowest BCUT2D eigenvalue weighted by Gasteiger charge is -2.20. The fraction of sp³-hybridized carbons (Fsp3) is 0.292. The number of carbonyl (C=O) groups excluding carboxylic acids is 2. The lowest BCUT2D eigenvalue weighted by molar-refractivity contribution is -0.143. The number of hydrogen-bond donors (Lipinski definition) is 2. The third-order valence-corrected chi connectivity index (χ3v) is 5.22. The van der Waals surface area contributed by atoms with Crippen LogP contribution in [0.1, 0.15) is 36.2 Å². The van der Waals surface area contributed by atoms with Crippen LogP contribution >= 0.6 is 0 Å². The van der Waals surface area contributed by atoms with Gasteiger partial charge < -0.3 is 24.6 Å². The Labute approximate surface area is 185 Å². The van der Waals surface area contributed by atoms with Gasteiger partial charge in [-0.25, -0.2) is 4.79 Å². The lowest BCUT2D eigenvalue weighted by atomic mass is 9.99. The molecule has 0 radical (unpaired) electrons. The van der Waals surface area contributed by atoms with E-state index in [4.69, 9.17) is 14.2 Å². The molecule has 0 aromatic heterocycles. The van der Waals surface area contributed by atoms with Crippen LogP contribution in [0.4, 0.5) is 0 Å². The summed E-state index contributed by atoms with van der Waals surface area (Å²) in [6.07, 6.45) is 2.25. The van der Waals surface area contributed by atoms with Crippen molar-refractivity contribution < 1.29 is 33.7 Å². The standard InChI is InChI=1S/C24H25NO7/c1-4-14(2)22(24(28)29)25-21(26)13-31-17-9-10-18-19(12-17)32-20(23(18)27)11-15-5-7-16(30-3)8-6-15/h5-12,14,22H,4,13H2,1-3H3,(H,25,26)(H,28,29)/t14-,22+/m1/s1. The number of ether oxygens (including phenoxy) is 3. The van der Waals surface area contributed by atoms with E-state index in [2.05, 4.69) is 5.32 Å². The summed E-state index contributed by atoms with van der Waals surface area (Å²) in [6.45, 7) is 3.25. The number of benzene rings is 2. The van der Waals surface area contributed by atoms with Gasteiger partial charge in [0.25, 0.3) is 5.91 Å². The number of carbonyl (C=O) groups is 3. The molecule has 2 aromatic carbocycles. The lowest BCUT2D eigenvalue weighted by Crippen LogP contribution is -2.46.